The molecule has 0 bridgehead atoms. The minimum atomic E-state index is -3.31. The van der Waals surface area contributed by atoms with Crippen molar-refractivity contribution in [2.75, 3.05) is 32.5 Å². The molecule has 0 amide bonds. The second-order valence-electron chi connectivity index (χ2n) is 8.15. The lowest BCUT2D eigenvalue weighted by Gasteiger charge is -2.32. The lowest BCUT2D eigenvalue weighted by molar-refractivity contribution is 0.0200. The normalized spacial score (nSPS) is 27.6. The molecular weight excluding hydrogens is 364 g/mol. The first-order valence-electron chi connectivity index (χ1n) is 10.5. The van der Waals surface area contributed by atoms with Crippen molar-refractivity contribution < 1.29 is 13.2 Å². The van der Waals surface area contributed by atoms with Crippen LogP contribution in [0.4, 0.5) is 0 Å². The maximum Gasteiger partial charge on any atom is 0.213 e. The Morgan fingerprint density at radius 3 is 2.48 bits per heavy atom. The van der Waals surface area contributed by atoms with E-state index in [0.29, 0.717) is 25.1 Å². The van der Waals surface area contributed by atoms with Gasteiger partial charge in [-0.1, -0.05) is 13.8 Å². The molecule has 158 valence electrons. The van der Waals surface area contributed by atoms with Gasteiger partial charge in [-0.2, -0.15) is 0 Å². The molecule has 1 aliphatic carbocycles. The third kappa shape index (κ3) is 8.35. The molecule has 1 atom stereocenters. The Bertz CT molecular complexity index is 551. The van der Waals surface area contributed by atoms with Gasteiger partial charge < -0.3 is 15.4 Å². The molecular formula is C19H38N4O3S. The number of nitrogens with one attached hydrogen (secondary N) is 3. The standard InChI is InChI=1S/C19H38N4O3S/c1-15(2)16-7-9-17(10-8-16)23-19(20-3)21-11-13-27(24,25)22-14-18-6-4-5-12-26-18/h15-18,22H,4-14H2,1-3H3,(H2,20,21,23). The van der Waals surface area contributed by atoms with Crippen molar-refractivity contribution in [3.05, 3.63) is 0 Å². The van der Waals surface area contributed by atoms with E-state index in [-0.39, 0.29) is 11.9 Å². The van der Waals surface area contributed by atoms with E-state index in [4.69, 9.17) is 4.74 Å². The molecule has 0 aromatic carbocycles. The van der Waals surface area contributed by atoms with E-state index in [1.165, 1.54) is 12.8 Å². The van der Waals surface area contributed by atoms with Crippen LogP contribution in [-0.2, 0) is 14.8 Å². The van der Waals surface area contributed by atoms with Gasteiger partial charge in [-0.3, -0.25) is 4.99 Å². The number of ether oxygens (including phenoxy) is 1. The Labute approximate surface area is 165 Å². The fourth-order valence-corrected chi connectivity index (χ4v) is 4.84. The summed E-state index contributed by atoms with van der Waals surface area (Å²) in [7, 11) is -1.59. The van der Waals surface area contributed by atoms with Crippen LogP contribution in [-0.4, -0.2) is 59.0 Å². The van der Waals surface area contributed by atoms with Gasteiger partial charge in [0, 0.05) is 32.8 Å². The van der Waals surface area contributed by atoms with Crippen LogP contribution in [0.5, 0.6) is 0 Å². The molecule has 7 nitrogen and oxygen atoms in total. The second kappa shape index (κ2) is 11.2. The van der Waals surface area contributed by atoms with Gasteiger partial charge in [0.2, 0.25) is 10.0 Å². The zero-order valence-electron chi connectivity index (χ0n) is 17.2. The van der Waals surface area contributed by atoms with Crippen LogP contribution in [0.3, 0.4) is 0 Å². The first kappa shape index (κ1) is 22.4. The highest BCUT2D eigenvalue weighted by atomic mass is 32.2. The number of sulfonamides is 1. The predicted molar refractivity (Wildman–Crippen MR) is 110 cm³/mol. The largest absolute Gasteiger partial charge is 0.377 e. The summed E-state index contributed by atoms with van der Waals surface area (Å²) in [5.41, 5.74) is 0. The molecule has 0 radical (unpaired) electrons. The monoisotopic (exact) mass is 402 g/mol. The average Bonchev–Trinajstić information content (AvgIpc) is 2.67. The summed E-state index contributed by atoms with van der Waals surface area (Å²) in [6, 6.07) is 0.421. The maximum atomic E-state index is 12.2. The van der Waals surface area contributed by atoms with E-state index < -0.39 is 10.0 Å². The highest BCUT2D eigenvalue weighted by molar-refractivity contribution is 7.89. The van der Waals surface area contributed by atoms with Gasteiger partial charge in [0.05, 0.1) is 11.9 Å². The summed E-state index contributed by atoms with van der Waals surface area (Å²) < 4.78 is 32.6. The summed E-state index contributed by atoms with van der Waals surface area (Å²) in [6.45, 7) is 6.03. The maximum absolute atomic E-state index is 12.2. The Morgan fingerprint density at radius 1 is 1.15 bits per heavy atom. The lowest BCUT2D eigenvalue weighted by atomic mass is 9.80. The summed E-state index contributed by atoms with van der Waals surface area (Å²) in [4.78, 5) is 4.23. The van der Waals surface area contributed by atoms with Crippen LogP contribution in [0.25, 0.3) is 0 Å². The summed E-state index contributed by atoms with van der Waals surface area (Å²) >= 11 is 0. The highest BCUT2D eigenvalue weighted by Gasteiger charge is 2.24. The molecule has 3 N–H and O–H groups in total. The van der Waals surface area contributed by atoms with Gasteiger partial charge >= 0.3 is 0 Å². The van der Waals surface area contributed by atoms with Crippen molar-refractivity contribution in [3.8, 4) is 0 Å². The minimum absolute atomic E-state index is 0.0110. The van der Waals surface area contributed by atoms with Gasteiger partial charge in [0.1, 0.15) is 0 Å². The Balaban J connectivity index is 1.65. The first-order valence-corrected chi connectivity index (χ1v) is 12.1. The molecule has 0 spiro atoms. The molecule has 1 aliphatic heterocycles. The third-order valence-corrected chi connectivity index (χ3v) is 7.10. The van der Waals surface area contributed by atoms with E-state index in [1.807, 2.05) is 0 Å². The fourth-order valence-electron chi connectivity index (χ4n) is 3.88. The van der Waals surface area contributed by atoms with Crippen molar-refractivity contribution in [2.24, 2.45) is 16.8 Å². The SMILES string of the molecule is CN=C(NCCS(=O)(=O)NCC1CCCCO1)NC1CCC(C(C)C)CC1. The summed E-state index contributed by atoms with van der Waals surface area (Å²) in [5.74, 6) is 2.29. The number of hydrogen-bond donors (Lipinski definition) is 3. The van der Waals surface area contributed by atoms with Crippen LogP contribution in [0.1, 0.15) is 58.8 Å². The Kier molecular flexibility index (Phi) is 9.32. The number of guanidine groups is 1. The molecule has 1 heterocycles. The van der Waals surface area contributed by atoms with Gasteiger partial charge in [-0.25, -0.2) is 13.1 Å². The van der Waals surface area contributed by atoms with Gasteiger partial charge in [-0.05, 0) is 56.8 Å². The second-order valence-corrected chi connectivity index (χ2v) is 10.1. The van der Waals surface area contributed by atoms with Crippen molar-refractivity contribution in [3.63, 3.8) is 0 Å². The zero-order chi connectivity index (χ0) is 19.7. The number of rotatable bonds is 8. The van der Waals surface area contributed by atoms with Crippen LogP contribution in [0, 0.1) is 11.8 Å². The topological polar surface area (TPSA) is 91.8 Å². The van der Waals surface area contributed by atoms with Crippen LogP contribution in [0.2, 0.25) is 0 Å². The molecule has 1 unspecified atom stereocenters. The van der Waals surface area contributed by atoms with Gasteiger partial charge in [-0.15, -0.1) is 0 Å². The molecule has 2 rings (SSSR count). The number of hydrogen-bond acceptors (Lipinski definition) is 4. The van der Waals surface area contributed by atoms with E-state index in [9.17, 15) is 8.42 Å². The third-order valence-electron chi connectivity index (χ3n) is 5.75. The molecule has 2 fully saturated rings. The van der Waals surface area contributed by atoms with Crippen molar-refractivity contribution in [1.29, 1.82) is 0 Å². The molecule has 8 heteroatoms. The van der Waals surface area contributed by atoms with Gasteiger partial charge in [0.25, 0.3) is 0 Å². The van der Waals surface area contributed by atoms with Crippen LogP contribution in [0.15, 0.2) is 4.99 Å². The van der Waals surface area contributed by atoms with Crippen molar-refractivity contribution in [1.82, 2.24) is 15.4 Å². The number of aliphatic imine (C=N–C) groups is 1. The average molecular weight is 403 g/mol. The first-order chi connectivity index (χ1) is 12.9. The van der Waals surface area contributed by atoms with Gasteiger partial charge in [0.15, 0.2) is 5.96 Å². The smallest absolute Gasteiger partial charge is 0.213 e. The Morgan fingerprint density at radius 2 is 1.89 bits per heavy atom. The fraction of sp³-hybridized carbons (Fsp3) is 0.947. The number of nitrogens with zero attached hydrogens (tertiary/aromatic N) is 1. The zero-order valence-corrected chi connectivity index (χ0v) is 18.0. The summed E-state index contributed by atoms with van der Waals surface area (Å²) in [6.07, 6.45) is 7.89. The van der Waals surface area contributed by atoms with Crippen LogP contribution >= 0.6 is 0 Å². The molecule has 1 saturated carbocycles. The highest BCUT2D eigenvalue weighted by Crippen LogP contribution is 2.29. The molecule has 1 saturated heterocycles. The summed E-state index contributed by atoms with van der Waals surface area (Å²) in [5, 5.41) is 6.57. The molecule has 2 aliphatic rings. The Hall–Kier alpha value is -0.860. The van der Waals surface area contributed by atoms with Crippen LogP contribution < -0.4 is 15.4 Å². The van der Waals surface area contributed by atoms with E-state index in [1.54, 1.807) is 7.05 Å². The quantitative estimate of drug-likeness (QED) is 0.426. The lowest BCUT2D eigenvalue weighted by Crippen LogP contribution is -2.47. The molecule has 0 aromatic rings. The minimum Gasteiger partial charge on any atom is -0.377 e. The van der Waals surface area contributed by atoms with Crippen molar-refractivity contribution >= 4 is 16.0 Å². The van der Waals surface area contributed by atoms with E-state index in [0.717, 1.165) is 50.5 Å². The van der Waals surface area contributed by atoms with E-state index in [2.05, 4.69) is 34.2 Å². The predicted octanol–water partition coefficient (Wildman–Crippen LogP) is 1.85. The van der Waals surface area contributed by atoms with E-state index >= 15 is 0 Å². The molecule has 27 heavy (non-hydrogen) atoms. The molecule has 0 aromatic heterocycles. The van der Waals surface area contributed by atoms with Crippen molar-refractivity contribution in [2.45, 2.75) is 70.9 Å².